The topological polar surface area (TPSA) is 81.4 Å². The molecule has 0 bridgehead atoms. The summed E-state index contributed by atoms with van der Waals surface area (Å²) in [6.07, 6.45) is 5.90. The number of hydrogen-bond donors (Lipinski definition) is 2. The predicted molar refractivity (Wildman–Crippen MR) is 77.9 cm³/mol. The van der Waals surface area contributed by atoms with Crippen molar-refractivity contribution < 1.29 is 13.2 Å². The molecular formula is C12H25ClN2O3S. The number of nitrogens with one attached hydrogen (secondary N) is 1. The van der Waals surface area contributed by atoms with Gasteiger partial charge in [-0.3, -0.25) is 0 Å². The van der Waals surface area contributed by atoms with Gasteiger partial charge in [0, 0.05) is 19.2 Å². The van der Waals surface area contributed by atoms with Crippen LogP contribution in [-0.4, -0.2) is 39.5 Å². The summed E-state index contributed by atoms with van der Waals surface area (Å²) in [5, 5.41) is 0. The maximum Gasteiger partial charge on any atom is 0.214 e. The number of rotatable bonds is 5. The molecule has 0 aromatic carbocycles. The van der Waals surface area contributed by atoms with Gasteiger partial charge in [0.1, 0.15) is 0 Å². The summed E-state index contributed by atoms with van der Waals surface area (Å²) < 4.78 is 31.8. The monoisotopic (exact) mass is 312 g/mol. The molecule has 2 fully saturated rings. The molecule has 1 saturated heterocycles. The third-order valence-corrected chi connectivity index (χ3v) is 5.26. The van der Waals surface area contributed by atoms with Crippen LogP contribution in [0.4, 0.5) is 0 Å². The van der Waals surface area contributed by atoms with E-state index < -0.39 is 10.0 Å². The van der Waals surface area contributed by atoms with E-state index >= 15 is 0 Å². The van der Waals surface area contributed by atoms with Crippen LogP contribution >= 0.6 is 12.4 Å². The minimum Gasteiger partial charge on any atom is -0.377 e. The van der Waals surface area contributed by atoms with Crippen molar-refractivity contribution in [3.05, 3.63) is 0 Å². The van der Waals surface area contributed by atoms with Crippen LogP contribution in [0.3, 0.4) is 0 Å². The van der Waals surface area contributed by atoms with E-state index in [4.69, 9.17) is 10.5 Å². The fourth-order valence-electron chi connectivity index (χ4n) is 2.84. The smallest absolute Gasteiger partial charge is 0.214 e. The summed E-state index contributed by atoms with van der Waals surface area (Å²) in [5.74, 6) is 0.499. The van der Waals surface area contributed by atoms with Crippen molar-refractivity contribution in [1.82, 2.24) is 4.72 Å². The first-order chi connectivity index (χ1) is 8.55. The molecule has 0 aromatic rings. The highest BCUT2D eigenvalue weighted by molar-refractivity contribution is 7.89. The van der Waals surface area contributed by atoms with E-state index in [9.17, 15) is 8.42 Å². The third-order valence-electron chi connectivity index (χ3n) is 3.84. The lowest BCUT2D eigenvalue weighted by Gasteiger charge is -2.26. The molecule has 7 heteroatoms. The Morgan fingerprint density at radius 1 is 1.21 bits per heavy atom. The van der Waals surface area contributed by atoms with E-state index in [0.29, 0.717) is 19.1 Å². The molecule has 0 spiro atoms. The second kappa shape index (κ2) is 7.78. The lowest BCUT2D eigenvalue weighted by Crippen LogP contribution is -2.38. The molecule has 0 aromatic heterocycles. The minimum absolute atomic E-state index is 0. The van der Waals surface area contributed by atoms with Gasteiger partial charge in [-0.25, -0.2) is 13.1 Å². The van der Waals surface area contributed by atoms with Crippen LogP contribution in [0.25, 0.3) is 0 Å². The van der Waals surface area contributed by atoms with Gasteiger partial charge in [-0.05, 0) is 38.0 Å². The summed E-state index contributed by atoms with van der Waals surface area (Å²) >= 11 is 0. The zero-order valence-corrected chi connectivity index (χ0v) is 12.8. The standard InChI is InChI=1S/C12H24N2O3S.ClH/c13-11-4-1-3-10(7-11)8-14-18(15,16)9-12-5-2-6-17-12;/h10-12,14H,1-9,13H2;1H. The summed E-state index contributed by atoms with van der Waals surface area (Å²) in [6.45, 7) is 1.22. The predicted octanol–water partition coefficient (Wildman–Crippen LogP) is 1.02. The van der Waals surface area contributed by atoms with Crippen LogP contribution in [0, 0.1) is 5.92 Å². The maximum absolute atomic E-state index is 11.9. The Morgan fingerprint density at radius 2 is 2.00 bits per heavy atom. The van der Waals surface area contributed by atoms with Gasteiger partial charge >= 0.3 is 0 Å². The van der Waals surface area contributed by atoms with Gasteiger partial charge in [0.25, 0.3) is 0 Å². The van der Waals surface area contributed by atoms with Crippen molar-refractivity contribution in [1.29, 1.82) is 0 Å². The SMILES string of the molecule is Cl.NC1CCCC(CNS(=O)(=O)CC2CCCO2)C1. The number of sulfonamides is 1. The van der Waals surface area contributed by atoms with E-state index in [2.05, 4.69) is 4.72 Å². The fraction of sp³-hybridized carbons (Fsp3) is 1.00. The van der Waals surface area contributed by atoms with Crippen LogP contribution in [0.15, 0.2) is 0 Å². The zero-order chi connectivity index (χ0) is 13.0. The van der Waals surface area contributed by atoms with Crippen molar-refractivity contribution in [3.8, 4) is 0 Å². The Bertz CT molecular complexity index is 358. The van der Waals surface area contributed by atoms with Gasteiger partial charge in [-0.2, -0.15) is 0 Å². The zero-order valence-electron chi connectivity index (χ0n) is 11.2. The number of ether oxygens (including phenoxy) is 1. The van der Waals surface area contributed by atoms with Gasteiger partial charge in [-0.1, -0.05) is 6.42 Å². The minimum atomic E-state index is -3.20. The maximum atomic E-state index is 11.9. The number of halogens is 1. The first-order valence-electron chi connectivity index (χ1n) is 6.90. The number of hydrogen-bond acceptors (Lipinski definition) is 4. The lowest BCUT2D eigenvalue weighted by atomic mass is 9.86. The summed E-state index contributed by atoms with van der Waals surface area (Å²) in [7, 11) is -3.20. The molecule has 1 saturated carbocycles. The third kappa shape index (κ3) is 5.95. The number of nitrogens with two attached hydrogens (primary N) is 1. The van der Waals surface area contributed by atoms with Crippen LogP contribution in [0.1, 0.15) is 38.5 Å². The molecule has 1 aliphatic heterocycles. The molecule has 0 amide bonds. The van der Waals surface area contributed by atoms with Gasteiger partial charge in [0.05, 0.1) is 11.9 Å². The van der Waals surface area contributed by atoms with E-state index in [0.717, 1.165) is 38.5 Å². The van der Waals surface area contributed by atoms with Gasteiger partial charge in [-0.15, -0.1) is 12.4 Å². The van der Waals surface area contributed by atoms with E-state index in [-0.39, 0.29) is 30.3 Å². The van der Waals surface area contributed by atoms with Crippen molar-refractivity contribution in [2.24, 2.45) is 11.7 Å². The second-order valence-corrected chi connectivity index (χ2v) is 7.41. The Labute approximate surface area is 122 Å². The van der Waals surface area contributed by atoms with E-state index in [1.54, 1.807) is 0 Å². The summed E-state index contributed by atoms with van der Waals surface area (Å²) in [5.41, 5.74) is 5.90. The van der Waals surface area contributed by atoms with Gasteiger partial charge in [0.2, 0.25) is 10.0 Å². The first kappa shape index (κ1) is 17.2. The molecule has 2 rings (SSSR count). The Kier molecular flexibility index (Phi) is 7.04. The van der Waals surface area contributed by atoms with Crippen LogP contribution in [-0.2, 0) is 14.8 Å². The highest BCUT2D eigenvalue weighted by Crippen LogP contribution is 2.22. The van der Waals surface area contributed by atoms with Crippen molar-refractivity contribution in [2.75, 3.05) is 18.9 Å². The Hall–Kier alpha value is 0.120. The first-order valence-corrected chi connectivity index (χ1v) is 8.55. The van der Waals surface area contributed by atoms with Gasteiger partial charge < -0.3 is 10.5 Å². The molecule has 5 nitrogen and oxygen atoms in total. The molecule has 3 N–H and O–H groups in total. The quantitative estimate of drug-likeness (QED) is 0.794. The average molecular weight is 313 g/mol. The summed E-state index contributed by atoms with van der Waals surface area (Å²) in [6, 6.07) is 0.242. The summed E-state index contributed by atoms with van der Waals surface area (Å²) in [4.78, 5) is 0. The molecule has 1 aliphatic carbocycles. The second-order valence-electron chi connectivity index (χ2n) is 5.56. The highest BCUT2D eigenvalue weighted by Gasteiger charge is 2.25. The molecule has 0 radical (unpaired) electrons. The average Bonchev–Trinajstić information content (AvgIpc) is 2.79. The highest BCUT2D eigenvalue weighted by atomic mass is 35.5. The Balaban J connectivity index is 0.00000180. The van der Waals surface area contributed by atoms with E-state index in [1.807, 2.05) is 0 Å². The molecule has 114 valence electrons. The van der Waals surface area contributed by atoms with Gasteiger partial charge in [0.15, 0.2) is 0 Å². The van der Waals surface area contributed by atoms with Crippen LogP contribution < -0.4 is 10.5 Å². The molecule has 19 heavy (non-hydrogen) atoms. The molecule has 1 heterocycles. The van der Waals surface area contributed by atoms with Crippen LogP contribution in [0.2, 0.25) is 0 Å². The van der Waals surface area contributed by atoms with Crippen molar-refractivity contribution in [3.63, 3.8) is 0 Å². The molecule has 3 atom stereocenters. The largest absolute Gasteiger partial charge is 0.377 e. The van der Waals surface area contributed by atoms with Crippen molar-refractivity contribution in [2.45, 2.75) is 50.7 Å². The van der Waals surface area contributed by atoms with E-state index in [1.165, 1.54) is 0 Å². The molecule has 3 unspecified atom stereocenters. The molecular weight excluding hydrogens is 288 g/mol. The molecule has 2 aliphatic rings. The lowest BCUT2D eigenvalue weighted by molar-refractivity contribution is 0.127. The Morgan fingerprint density at radius 3 is 2.63 bits per heavy atom. The van der Waals surface area contributed by atoms with Crippen LogP contribution in [0.5, 0.6) is 0 Å². The fourth-order valence-corrected chi connectivity index (χ4v) is 4.20. The van der Waals surface area contributed by atoms with Crippen molar-refractivity contribution >= 4 is 22.4 Å². The normalized spacial score (nSPS) is 31.9.